The first-order valence-electron chi connectivity index (χ1n) is 30.7. The molecule has 0 aliphatic carbocycles. The highest BCUT2D eigenvalue weighted by Gasteiger charge is 2.23. The second-order valence-electron chi connectivity index (χ2n) is 21.7. The zero-order valence-electron chi connectivity index (χ0n) is 49.2. The Morgan fingerprint density at radius 1 is 0.480 bits per heavy atom. The summed E-state index contributed by atoms with van der Waals surface area (Å²) in [7, 11) is 1.25. The van der Waals surface area contributed by atoms with Gasteiger partial charge in [0.25, 0.3) is 7.82 Å². The molecule has 3 unspecified atom stereocenters. The third-order valence-corrected chi connectivity index (χ3v) is 14.2. The molecule has 9 heteroatoms. The Balaban J connectivity index is 4.10. The first-order chi connectivity index (χ1) is 36.5. The average Bonchev–Trinajstić information content (AvgIpc) is 3.37. The van der Waals surface area contributed by atoms with Gasteiger partial charge in [-0.2, -0.15) is 0 Å². The van der Waals surface area contributed by atoms with Gasteiger partial charge in [0.1, 0.15) is 13.2 Å². The average molecular weight is 1070 g/mol. The molecular formula is C66H117N2O6P. The van der Waals surface area contributed by atoms with Gasteiger partial charge in [-0.05, 0) is 83.5 Å². The standard InChI is InChI=1S/C66H117N2O6P/c1-6-8-10-12-14-16-18-20-22-24-25-26-27-28-29-30-31-32-33-34-35-36-37-38-39-40-41-42-43-44-46-48-50-52-54-56-58-60-66(70)67-64(63-74-75(71,72)73-62-61-68(3,4)5)65(69)59-57-55-53-51-49-47-45-23-21-19-17-15-13-11-9-7-2/h8,10,14,16,20,22,25-26,28-29,31-32,34-35,37-38,57,59,64-65,69H,6-7,9,11-13,15,17-19,21,23-24,27,30,33,36,39-56,58,60-63H2,1-5H3,(H-,67,70,71,72)/b10-8-,16-14-,22-20-,26-25-,29-28-,32-31-,35-34-,38-37-,59-57+. The lowest BCUT2D eigenvalue weighted by Crippen LogP contribution is -2.45. The number of nitrogens with zero attached hydrogens (tertiary/aromatic N) is 1. The van der Waals surface area contributed by atoms with Gasteiger partial charge in [0.15, 0.2) is 0 Å². The van der Waals surface area contributed by atoms with E-state index in [9.17, 15) is 19.4 Å². The van der Waals surface area contributed by atoms with Gasteiger partial charge < -0.3 is 28.8 Å². The summed E-state index contributed by atoms with van der Waals surface area (Å²) in [5, 5.41) is 13.9. The van der Waals surface area contributed by atoms with Crippen molar-refractivity contribution in [3.63, 3.8) is 0 Å². The van der Waals surface area contributed by atoms with Gasteiger partial charge in [0.2, 0.25) is 5.91 Å². The van der Waals surface area contributed by atoms with Gasteiger partial charge in [-0.1, -0.05) is 271 Å². The SMILES string of the molecule is CC/C=C\C/C=C\C/C=C\C/C=C\C/C=C\C/C=C\C/C=C\C/C=C\CCCCCCCCCCCCCCC(=O)NC(COP(=O)([O-])OCC[N+](C)(C)C)C(O)/C=C/CCCCCCCCCCCCCCCC. The van der Waals surface area contributed by atoms with Crippen LogP contribution in [0.15, 0.2) is 109 Å². The number of likely N-dealkylation sites (N-methyl/N-ethyl adjacent to an activating group) is 1. The van der Waals surface area contributed by atoms with Gasteiger partial charge in [-0.25, -0.2) is 0 Å². The van der Waals surface area contributed by atoms with Gasteiger partial charge >= 0.3 is 0 Å². The van der Waals surface area contributed by atoms with E-state index in [1.807, 2.05) is 27.2 Å². The van der Waals surface area contributed by atoms with Crippen LogP contribution in [-0.2, 0) is 18.4 Å². The molecule has 0 aromatic rings. The zero-order valence-corrected chi connectivity index (χ0v) is 50.1. The second kappa shape index (κ2) is 55.9. The molecule has 0 bridgehead atoms. The fraction of sp³-hybridized carbons (Fsp3) is 0.712. The summed E-state index contributed by atoms with van der Waals surface area (Å²) < 4.78 is 23.4. The van der Waals surface area contributed by atoms with Gasteiger partial charge in [-0.15, -0.1) is 0 Å². The Morgan fingerprint density at radius 3 is 1.19 bits per heavy atom. The molecule has 0 rings (SSSR count). The molecule has 0 aliphatic rings. The van der Waals surface area contributed by atoms with Gasteiger partial charge in [0.05, 0.1) is 39.9 Å². The number of unbranched alkanes of at least 4 members (excludes halogenated alkanes) is 26. The highest BCUT2D eigenvalue weighted by molar-refractivity contribution is 7.45. The first kappa shape index (κ1) is 72.2. The van der Waals surface area contributed by atoms with Crippen molar-refractivity contribution in [1.82, 2.24) is 5.32 Å². The van der Waals surface area contributed by atoms with Crippen LogP contribution in [-0.4, -0.2) is 68.5 Å². The summed E-state index contributed by atoms with van der Waals surface area (Å²) in [5.41, 5.74) is 0. The first-order valence-corrected chi connectivity index (χ1v) is 32.2. The molecule has 0 saturated carbocycles. The number of aliphatic hydroxyl groups excluding tert-OH is 1. The smallest absolute Gasteiger partial charge is 0.268 e. The fourth-order valence-electron chi connectivity index (χ4n) is 8.46. The van der Waals surface area contributed by atoms with Gasteiger partial charge in [0, 0.05) is 6.42 Å². The Bertz CT molecular complexity index is 1590. The topological polar surface area (TPSA) is 108 Å². The number of aliphatic hydroxyl groups is 1. The number of carbonyl (C=O) groups excluding carboxylic acids is 1. The van der Waals surface area contributed by atoms with Crippen LogP contribution in [0.5, 0.6) is 0 Å². The Morgan fingerprint density at radius 2 is 0.813 bits per heavy atom. The maximum Gasteiger partial charge on any atom is 0.268 e. The number of hydrogen-bond donors (Lipinski definition) is 2. The Labute approximate surface area is 463 Å². The van der Waals surface area contributed by atoms with Crippen LogP contribution in [0.3, 0.4) is 0 Å². The fourth-order valence-corrected chi connectivity index (χ4v) is 9.19. The Kier molecular flexibility index (Phi) is 53.8. The number of phosphoric ester groups is 1. The number of phosphoric acid groups is 1. The molecule has 1 amide bonds. The van der Waals surface area contributed by atoms with Crippen molar-refractivity contribution >= 4 is 13.7 Å². The highest BCUT2D eigenvalue weighted by Crippen LogP contribution is 2.38. The maximum atomic E-state index is 13.0. The lowest BCUT2D eigenvalue weighted by molar-refractivity contribution is -0.870. The predicted molar refractivity (Wildman–Crippen MR) is 325 cm³/mol. The summed E-state index contributed by atoms with van der Waals surface area (Å²) in [4.78, 5) is 25.5. The third-order valence-electron chi connectivity index (χ3n) is 13.2. The maximum absolute atomic E-state index is 13.0. The quantitative estimate of drug-likeness (QED) is 0.0272. The normalized spacial score (nSPS) is 14.6. The number of rotatable bonds is 55. The number of amides is 1. The van der Waals surface area contributed by atoms with Crippen molar-refractivity contribution in [2.75, 3.05) is 40.9 Å². The summed E-state index contributed by atoms with van der Waals surface area (Å²) >= 11 is 0. The van der Waals surface area contributed by atoms with E-state index in [1.54, 1.807) is 6.08 Å². The van der Waals surface area contributed by atoms with E-state index in [2.05, 4.69) is 116 Å². The highest BCUT2D eigenvalue weighted by atomic mass is 31.2. The molecule has 0 aliphatic heterocycles. The minimum absolute atomic E-state index is 0.00519. The molecule has 8 nitrogen and oxygen atoms in total. The molecular weight excluding hydrogens is 948 g/mol. The number of carbonyl (C=O) groups is 1. The molecule has 432 valence electrons. The molecule has 0 aromatic heterocycles. The van der Waals surface area contributed by atoms with E-state index in [1.165, 1.54) is 141 Å². The van der Waals surface area contributed by atoms with Crippen molar-refractivity contribution < 1.29 is 32.9 Å². The minimum atomic E-state index is -4.60. The summed E-state index contributed by atoms with van der Waals surface area (Å²) in [6.07, 6.45) is 81.7. The van der Waals surface area contributed by atoms with E-state index in [0.717, 1.165) is 89.9 Å². The van der Waals surface area contributed by atoms with Crippen LogP contribution in [0, 0.1) is 0 Å². The van der Waals surface area contributed by atoms with E-state index in [4.69, 9.17) is 9.05 Å². The van der Waals surface area contributed by atoms with E-state index >= 15 is 0 Å². The zero-order chi connectivity index (χ0) is 54.9. The van der Waals surface area contributed by atoms with Crippen molar-refractivity contribution in [3.05, 3.63) is 109 Å². The van der Waals surface area contributed by atoms with E-state index in [0.29, 0.717) is 17.4 Å². The largest absolute Gasteiger partial charge is 0.756 e. The molecule has 0 heterocycles. The second-order valence-corrected chi connectivity index (χ2v) is 23.1. The third kappa shape index (κ3) is 58.7. The lowest BCUT2D eigenvalue weighted by Gasteiger charge is -2.29. The van der Waals surface area contributed by atoms with Crippen LogP contribution < -0.4 is 10.2 Å². The molecule has 0 fully saturated rings. The number of quaternary nitrogens is 1. The summed E-state index contributed by atoms with van der Waals surface area (Å²) in [5.74, 6) is -0.203. The molecule has 0 aromatic carbocycles. The van der Waals surface area contributed by atoms with Crippen LogP contribution in [0.25, 0.3) is 0 Å². The molecule has 0 saturated heterocycles. The molecule has 0 radical (unpaired) electrons. The molecule has 75 heavy (non-hydrogen) atoms. The van der Waals surface area contributed by atoms with Crippen molar-refractivity contribution in [3.8, 4) is 0 Å². The van der Waals surface area contributed by atoms with Crippen LogP contribution in [0.4, 0.5) is 0 Å². The molecule has 0 spiro atoms. The summed E-state index contributed by atoms with van der Waals surface area (Å²) in [6, 6.07) is -0.894. The predicted octanol–water partition coefficient (Wildman–Crippen LogP) is 18.5. The van der Waals surface area contributed by atoms with Crippen molar-refractivity contribution in [2.24, 2.45) is 0 Å². The van der Waals surface area contributed by atoms with Crippen LogP contribution >= 0.6 is 7.82 Å². The van der Waals surface area contributed by atoms with Crippen molar-refractivity contribution in [2.45, 2.75) is 264 Å². The minimum Gasteiger partial charge on any atom is -0.756 e. The van der Waals surface area contributed by atoms with Crippen LogP contribution in [0.1, 0.15) is 251 Å². The van der Waals surface area contributed by atoms with E-state index < -0.39 is 20.0 Å². The van der Waals surface area contributed by atoms with Crippen molar-refractivity contribution in [1.29, 1.82) is 0 Å². The lowest BCUT2D eigenvalue weighted by atomic mass is 10.0. The molecule has 3 atom stereocenters. The summed E-state index contributed by atoms with van der Waals surface area (Å²) in [6.45, 7) is 4.54. The Hall–Kier alpha value is -2.84. The number of nitrogens with one attached hydrogen (secondary N) is 1. The monoisotopic (exact) mass is 1060 g/mol. The number of hydrogen-bond acceptors (Lipinski definition) is 6. The van der Waals surface area contributed by atoms with Gasteiger partial charge in [-0.3, -0.25) is 9.36 Å². The van der Waals surface area contributed by atoms with Crippen LogP contribution in [0.2, 0.25) is 0 Å². The number of allylic oxidation sites excluding steroid dienone is 17. The molecule has 2 N–H and O–H groups in total. The van der Waals surface area contributed by atoms with E-state index in [-0.39, 0.29) is 19.1 Å².